The third kappa shape index (κ3) is 3.92. The summed E-state index contributed by atoms with van der Waals surface area (Å²) in [6.07, 6.45) is 0. The van der Waals surface area contributed by atoms with Crippen molar-refractivity contribution in [3.05, 3.63) is 46.2 Å². The predicted octanol–water partition coefficient (Wildman–Crippen LogP) is 4.59. The summed E-state index contributed by atoms with van der Waals surface area (Å²) in [6.45, 7) is 8.15. The lowest BCUT2D eigenvalue weighted by molar-refractivity contribution is 0.626. The number of aromatic amines is 1. The summed E-state index contributed by atoms with van der Waals surface area (Å²) in [5.74, 6) is 0.512. The van der Waals surface area contributed by atoms with Gasteiger partial charge in [0.05, 0.1) is 5.52 Å². The summed E-state index contributed by atoms with van der Waals surface area (Å²) in [6, 6.07) is 10.3. The van der Waals surface area contributed by atoms with Gasteiger partial charge in [-0.25, -0.2) is 4.98 Å². The molecule has 0 spiro atoms. The van der Waals surface area contributed by atoms with E-state index >= 15 is 0 Å². The Balaban J connectivity index is 0.00000192. The molecule has 2 heterocycles. The molecule has 0 unspecified atom stereocenters. The van der Waals surface area contributed by atoms with E-state index in [-0.39, 0.29) is 23.5 Å². The average molecular weight is 350 g/mol. The Morgan fingerprint density at radius 2 is 1.83 bits per heavy atom. The molecule has 0 aliphatic rings. The standard InChI is InChI=1S/C17H19N3OS.ClH/c1-10-5-7-11(8-6-10)13-9-12-14(22-13)15(21)19-16(18-12)20-17(2,3)4;/h5-9H,1-4H3,(H2,18,19,20,21);1H. The first-order chi connectivity index (χ1) is 10.3. The predicted molar refractivity (Wildman–Crippen MR) is 101 cm³/mol. The van der Waals surface area contributed by atoms with Crippen molar-refractivity contribution >= 4 is 39.9 Å². The summed E-state index contributed by atoms with van der Waals surface area (Å²) in [7, 11) is 0. The van der Waals surface area contributed by atoms with Crippen molar-refractivity contribution in [3.8, 4) is 10.4 Å². The first kappa shape index (κ1) is 17.5. The van der Waals surface area contributed by atoms with Crippen LogP contribution in [-0.4, -0.2) is 15.5 Å². The second-order valence-electron chi connectivity index (χ2n) is 6.48. The molecule has 6 heteroatoms. The molecular formula is C17H20ClN3OS. The van der Waals surface area contributed by atoms with Crippen LogP contribution in [-0.2, 0) is 0 Å². The van der Waals surface area contributed by atoms with Gasteiger partial charge in [0.25, 0.3) is 5.56 Å². The molecule has 3 aromatic rings. The average Bonchev–Trinajstić information content (AvgIpc) is 2.82. The first-order valence-electron chi connectivity index (χ1n) is 7.21. The second-order valence-corrected chi connectivity index (χ2v) is 7.53. The van der Waals surface area contributed by atoms with E-state index in [9.17, 15) is 4.79 Å². The van der Waals surface area contributed by atoms with Crippen LogP contribution in [0.15, 0.2) is 35.1 Å². The molecule has 0 bridgehead atoms. The van der Waals surface area contributed by atoms with Gasteiger partial charge in [-0.05, 0) is 39.3 Å². The highest BCUT2D eigenvalue weighted by Gasteiger charge is 2.14. The van der Waals surface area contributed by atoms with Crippen LogP contribution in [0.25, 0.3) is 20.7 Å². The largest absolute Gasteiger partial charge is 0.351 e. The van der Waals surface area contributed by atoms with E-state index in [4.69, 9.17) is 0 Å². The minimum atomic E-state index is -0.153. The molecule has 1 aromatic carbocycles. The van der Waals surface area contributed by atoms with Crippen LogP contribution in [0.1, 0.15) is 26.3 Å². The lowest BCUT2D eigenvalue weighted by Gasteiger charge is -2.20. The lowest BCUT2D eigenvalue weighted by atomic mass is 10.1. The van der Waals surface area contributed by atoms with Crippen LogP contribution < -0.4 is 10.9 Å². The quantitative estimate of drug-likeness (QED) is 0.711. The molecule has 122 valence electrons. The number of nitrogens with one attached hydrogen (secondary N) is 2. The minimum absolute atomic E-state index is 0. The molecule has 2 N–H and O–H groups in total. The van der Waals surface area contributed by atoms with Gasteiger partial charge >= 0.3 is 0 Å². The van der Waals surface area contributed by atoms with Crippen molar-refractivity contribution in [2.75, 3.05) is 5.32 Å². The van der Waals surface area contributed by atoms with E-state index in [0.29, 0.717) is 10.6 Å². The highest BCUT2D eigenvalue weighted by molar-refractivity contribution is 7.22. The van der Waals surface area contributed by atoms with Gasteiger partial charge in [-0.3, -0.25) is 9.78 Å². The van der Waals surface area contributed by atoms with Crippen molar-refractivity contribution in [3.63, 3.8) is 0 Å². The Kier molecular flexibility index (Phi) is 4.82. The number of H-pyrrole nitrogens is 1. The molecule has 0 aliphatic carbocycles. The van der Waals surface area contributed by atoms with E-state index in [0.717, 1.165) is 16.0 Å². The number of hydrogen-bond donors (Lipinski definition) is 2. The number of hydrogen-bond acceptors (Lipinski definition) is 4. The number of rotatable bonds is 2. The highest BCUT2D eigenvalue weighted by Crippen LogP contribution is 2.31. The van der Waals surface area contributed by atoms with Gasteiger partial charge in [-0.1, -0.05) is 29.8 Å². The van der Waals surface area contributed by atoms with Crippen molar-refractivity contribution in [1.82, 2.24) is 9.97 Å². The van der Waals surface area contributed by atoms with Crippen molar-refractivity contribution in [1.29, 1.82) is 0 Å². The van der Waals surface area contributed by atoms with Crippen LogP contribution in [0.3, 0.4) is 0 Å². The van der Waals surface area contributed by atoms with Crippen LogP contribution >= 0.6 is 23.7 Å². The van der Waals surface area contributed by atoms with Crippen LogP contribution in [0, 0.1) is 6.92 Å². The molecular weight excluding hydrogens is 330 g/mol. The summed E-state index contributed by atoms with van der Waals surface area (Å²) in [4.78, 5) is 20.7. The zero-order chi connectivity index (χ0) is 15.9. The number of halogens is 1. The van der Waals surface area contributed by atoms with Gasteiger partial charge in [0.15, 0.2) is 0 Å². The Hall–Kier alpha value is -1.85. The first-order valence-corrected chi connectivity index (χ1v) is 8.02. The van der Waals surface area contributed by atoms with Crippen LogP contribution in [0.4, 0.5) is 5.95 Å². The van der Waals surface area contributed by atoms with E-state index < -0.39 is 0 Å². The zero-order valence-electron chi connectivity index (χ0n) is 13.6. The number of fused-ring (bicyclic) bond motifs is 1. The molecule has 0 atom stereocenters. The summed E-state index contributed by atoms with van der Waals surface area (Å²) in [5.41, 5.74) is 2.81. The third-order valence-corrected chi connectivity index (χ3v) is 4.38. The molecule has 0 fully saturated rings. The molecule has 3 rings (SSSR count). The summed E-state index contributed by atoms with van der Waals surface area (Å²) in [5, 5.41) is 3.21. The number of anilines is 1. The number of benzene rings is 1. The molecule has 0 radical (unpaired) electrons. The Labute approximate surface area is 145 Å². The third-order valence-electron chi connectivity index (χ3n) is 3.21. The van der Waals surface area contributed by atoms with Gasteiger partial charge in [-0.15, -0.1) is 23.7 Å². The topological polar surface area (TPSA) is 57.8 Å². The monoisotopic (exact) mass is 349 g/mol. The molecule has 4 nitrogen and oxygen atoms in total. The van der Waals surface area contributed by atoms with Gasteiger partial charge in [0.1, 0.15) is 4.70 Å². The number of nitrogens with zero attached hydrogens (tertiary/aromatic N) is 1. The zero-order valence-corrected chi connectivity index (χ0v) is 15.2. The number of aryl methyl sites for hydroxylation is 1. The van der Waals surface area contributed by atoms with Gasteiger partial charge in [0, 0.05) is 10.4 Å². The molecule has 0 aliphatic heterocycles. The summed E-state index contributed by atoms with van der Waals surface area (Å²) >= 11 is 1.48. The van der Waals surface area contributed by atoms with Crippen LogP contribution in [0.2, 0.25) is 0 Å². The Bertz CT molecular complexity index is 875. The number of aromatic nitrogens is 2. The normalized spacial score (nSPS) is 11.3. The molecule has 0 saturated heterocycles. The van der Waals surface area contributed by atoms with Crippen molar-refractivity contribution < 1.29 is 0 Å². The minimum Gasteiger partial charge on any atom is -0.351 e. The SMILES string of the molecule is Cc1ccc(-c2cc3nc(NC(C)(C)C)[nH]c(=O)c3s2)cc1.Cl. The number of thiophene rings is 1. The highest BCUT2D eigenvalue weighted by atomic mass is 35.5. The van der Waals surface area contributed by atoms with E-state index in [1.165, 1.54) is 16.9 Å². The maximum atomic E-state index is 12.3. The lowest BCUT2D eigenvalue weighted by Crippen LogP contribution is -2.28. The maximum Gasteiger partial charge on any atom is 0.270 e. The van der Waals surface area contributed by atoms with Crippen molar-refractivity contribution in [2.45, 2.75) is 33.2 Å². The Morgan fingerprint density at radius 3 is 2.43 bits per heavy atom. The van der Waals surface area contributed by atoms with Gasteiger partial charge < -0.3 is 5.32 Å². The fourth-order valence-corrected chi connectivity index (χ4v) is 3.21. The van der Waals surface area contributed by atoms with E-state index in [1.54, 1.807) is 0 Å². The van der Waals surface area contributed by atoms with Gasteiger partial charge in [-0.2, -0.15) is 0 Å². The molecule has 23 heavy (non-hydrogen) atoms. The maximum absolute atomic E-state index is 12.3. The van der Waals surface area contributed by atoms with Crippen LogP contribution in [0.5, 0.6) is 0 Å². The van der Waals surface area contributed by atoms with E-state index in [2.05, 4.69) is 46.5 Å². The van der Waals surface area contributed by atoms with E-state index in [1.807, 2.05) is 26.8 Å². The molecule has 0 saturated carbocycles. The molecule has 0 amide bonds. The Morgan fingerprint density at radius 1 is 1.17 bits per heavy atom. The fraction of sp³-hybridized carbons (Fsp3) is 0.294. The second kappa shape index (κ2) is 6.34. The smallest absolute Gasteiger partial charge is 0.270 e. The van der Waals surface area contributed by atoms with Gasteiger partial charge in [0.2, 0.25) is 5.95 Å². The summed E-state index contributed by atoms with van der Waals surface area (Å²) < 4.78 is 0.662. The van der Waals surface area contributed by atoms with Crippen molar-refractivity contribution in [2.24, 2.45) is 0 Å². The fourth-order valence-electron chi connectivity index (χ4n) is 2.21. The molecule has 2 aromatic heterocycles.